The standard InChI is InChI=1S/C13H25N3O6S/c17-12(18)5-3-6-14-13(19)15-7-9-23(20,21)16-10-11-4-1-2-8-22-11/h11,16H,1-10H2,(H,17,18)(H2,14,15,19). The van der Waals surface area contributed by atoms with Crippen molar-refractivity contribution in [2.24, 2.45) is 0 Å². The number of nitrogens with one attached hydrogen (secondary N) is 3. The monoisotopic (exact) mass is 351 g/mol. The van der Waals surface area contributed by atoms with E-state index in [1.165, 1.54) is 0 Å². The molecule has 0 aliphatic carbocycles. The van der Waals surface area contributed by atoms with E-state index in [2.05, 4.69) is 15.4 Å². The van der Waals surface area contributed by atoms with E-state index in [0.29, 0.717) is 13.0 Å². The Morgan fingerprint density at radius 3 is 2.57 bits per heavy atom. The van der Waals surface area contributed by atoms with Gasteiger partial charge in [-0.25, -0.2) is 17.9 Å². The molecule has 1 heterocycles. The van der Waals surface area contributed by atoms with Crippen LogP contribution in [0.3, 0.4) is 0 Å². The Labute approximate surface area is 136 Å². The molecule has 0 aromatic heterocycles. The van der Waals surface area contributed by atoms with Crippen molar-refractivity contribution >= 4 is 22.0 Å². The number of carbonyl (C=O) groups excluding carboxylic acids is 1. The topological polar surface area (TPSA) is 134 Å². The van der Waals surface area contributed by atoms with Crippen LogP contribution in [-0.4, -0.2) is 63.6 Å². The van der Waals surface area contributed by atoms with Crippen LogP contribution in [-0.2, 0) is 19.6 Å². The van der Waals surface area contributed by atoms with Gasteiger partial charge in [0.2, 0.25) is 10.0 Å². The van der Waals surface area contributed by atoms with E-state index in [9.17, 15) is 18.0 Å². The van der Waals surface area contributed by atoms with E-state index in [4.69, 9.17) is 9.84 Å². The van der Waals surface area contributed by atoms with Gasteiger partial charge in [0.1, 0.15) is 0 Å². The summed E-state index contributed by atoms with van der Waals surface area (Å²) < 4.78 is 31.5. The molecule has 1 aliphatic rings. The lowest BCUT2D eigenvalue weighted by Gasteiger charge is -2.22. The van der Waals surface area contributed by atoms with E-state index in [0.717, 1.165) is 19.3 Å². The molecule has 1 fully saturated rings. The van der Waals surface area contributed by atoms with Crippen molar-refractivity contribution in [3.8, 4) is 0 Å². The van der Waals surface area contributed by atoms with Gasteiger partial charge in [-0.2, -0.15) is 0 Å². The molecular weight excluding hydrogens is 326 g/mol. The summed E-state index contributed by atoms with van der Waals surface area (Å²) in [7, 11) is -3.46. The van der Waals surface area contributed by atoms with E-state index < -0.39 is 22.0 Å². The van der Waals surface area contributed by atoms with Crippen LogP contribution in [0.2, 0.25) is 0 Å². The fraction of sp³-hybridized carbons (Fsp3) is 0.846. The van der Waals surface area contributed by atoms with Crippen molar-refractivity contribution in [3.05, 3.63) is 0 Å². The highest BCUT2D eigenvalue weighted by Crippen LogP contribution is 2.11. The average molecular weight is 351 g/mol. The molecule has 0 spiro atoms. The van der Waals surface area contributed by atoms with Crippen molar-refractivity contribution in [3.63, 3.8) is 0 Å². The van der Waals surface area contributed by atoms with Gasteiger partial charge in [-0.3, -0.25) is 4.79 Å². The number of ether oxygens (including phenoxy) is 1. The minimum absolute atomic E-state index is 0.0222. The van der Waals surface area contributed by atoms with Gasteiger partial charge in [0.15, 0.2) is 0 Å². The van der Waals surface area contributed by atoms with E-state index in [1.807, 2.05) is 0 Å². The maximum Gasteiger partial charge on any atom is 0.314 e. The molecule has 4 N–H and O–H groups in total. The first-order chi connectivity index (χ1) is 10.9. The SMILES string of the molecule is O=C(O)CCCNC(=O)NCCS(=O)(=O)NCC1CCCCO1. The van der Waals surface area contributed by atoms with E-state index >= 15 is 0 Å². The Hall–Kier alpha value is -1.39. The number of sulfonamides is 1. The number of carboxylic acids is 1. The molecule has 1 saturated heterocycles. The molecule has 134 valence electrons. The molecule has 0 saturated carbocycles. The minimum Gasteiger partial charge on any atom is -0.481 e. The largest absolute Gasteiger partial charge is 0.481 e. The third-order valence-electron chi connectivity index (χ3n) is 3.31. The second kappa shape index (κ2) is 10.4. The van der Waals surface area contributed by atoms with Gasteiger partial charge in [0.05, 0.1) is 11.9 Å². The predicted octanol–water partition coefficient (Wildman–Crippen LogP) is -0.361. The Balaban J connectivity index is 2.10. The van der Waals surface area contributed by atoms with Crippen LogP contribution in [0, 0.1) is 0 Å². The Morgan fingerprint density at radius 2 is 1.91 bits per heavy atom. The van der Waals surface area contributed by atoms with Crippen LogP contribution in [0.25, 0.3) is 0 Å². The number of aliphatic carboxylic acids is 1. The summed E-state index contributed by atoms with van der Waals surface area (Å²) in [6.07, 6.45) is 3.11. The first kappa shape index (κ1) is 19.7. The third kappa shape index (κ3) is 10.1. The summed E-state index contributed by atoms with van der Waals surface area (Å²) in [5, 5.41) is 13.3. The molecule has 10 heteroatoms. The Bertz CT molecular complexity index is 476. The maximum atomic E-state index is 11.8. The first-order valence-electron chi connectivity index (χ1n) is 7.71. The van der Waals surface area contributed by atoms with Gasteiger partial charge in [-0.05, 0) is 25.7 Å². The second-order valence-electron chi connectivity index (χ2n) is 5.34. The van der Waals surface area contributed by atoms with Crippen LogP contribution in [0.4, 0.5) is 4.79 Å². The number of rotatable bonds is 10. The molecule has 2 amide bonds. The van der Waals surface area contributed by atoms with E-state index in [-0.39, 0.29) is 37.9 Å². The van der Waals surface area contributed by atoms with Crippen LogP contribution in [0.5, 0.6) is 0 Å². The predicted molar refractivity (Wildman–Crippen MR) is 83.7 cm³/mol. The van der Waals surface area contributed by atoms with Crippen molar-refractivity contribution in [1.29, 1.82) is 0 Å². The number of hydrogen-bond acceptors (Lipinski definition) is 5. The molecule has 0 aromatic rings. The summed E-state index contributed by atoms with van der Waals surface area (Å²) >= 11 is 0. The Morgan fingerprint density at radius 1 is 1.17 bits per heavy atom. The summed E-state index contributed by atoms with van der Waals surface area (Å²) in [5.41, 5.74) is 0. The van der Waals surface area contributed by atoms with Crippen LogP contribution < -0.4 is 15.4 Å². The van der Waals surface area contributed by atoms with Gasteiger partial charge >= 0.3 is 12.0 Å². The number of carboxylic acid groups (broad SMARTS) is 1. The van der Waals surface area contributed by atoms with Gasteiger partial charge in [-0.1, -0.05) is 0 Å². The number of urea groups is 1. The number of carbonyl (C=O) groups is 2. The highest BCUT2D eigenvalue weighted by atomic mass is 32.2. The highest BCUT2D eigenvalue weighted by Gasteiger charge is 2.17. The summed E-state index contributed by atoms with van der Waals surface area (Å²) in [6.45, 7) is 1.12. The lowest BCUT2D eigenvalue weighted by Crippen LogP contribution is -2.42. The molecule has 23 heavy (non-hydrogen) atoms. The Kier molecular flexibility index (Phi) is 8.89. The number of hydrogen-bond donors (Lipinski definition) is 4. The van der Waals surface area contributed by atoms with Gasteiger partial charge in [-0.15, -0.1) is 0 Å². The number of amides is 2. The molecule has 1 atom stereocenters. The van der Waals surface area contributed by atoms with Gasteiger partial charge in [0.25, 0.3) is 0 Å². The van der Waals surface area contributed by atoms with Crippen molar-refractivity contribution in [2.75, 3.05) is 32.0 Å². The van der Waals surface area contributed by atoms with Gasteiger partial charge < -0.3 is 20.5 Å². The summed E-state index contributed by atoms with van der Waals surface area (Å²) in [4.78, 5) is 21.7. The zero-order chi connectivity index (χ0) is 17.1. The zero-order valence-corrected chi connectivity index (χ0v) is 13.9. The normalized spacial score (nSPS) is 18.3. The molecule has 1 unspecified atom stereocenters. The summed E-state index contributed by atoms with van der Waals surface area (Å²) in [5.74, 6) is -1.14. The molecular formula is C13H25N3O6S. The molecule has 0 aromatic carbocycles. The van der Waals surface area contributed by atoms with Crippen molar-refractivity contribution in [2.45, 2.75) is 38.2 Å². The van der Waals surface area contributed by atoms with Crippen molar-refractivity contribution < 1.29 is 27.9 Å². The first-order valence-corrected chi connectivity index (χ1v) is 9.37. The maximum absolute atomic E-state index is 11.8. The van der Waals surface area contributed by atoms with Crippen LogP contribution in [0.15, 0.2) is 0 Å². The fourth-order valence-electron chi connectivity index (χ4n) is 2.06. The highest BCUT2D eigenvalue weighted by molar-refractivity contribution is 7.89. The van der Waals surface area contributed by atoms with Crippen LogP contribution >= 0.6 is 0 Å². The van der Waals surface area contributed by atoms with Crippen LogP contribution in [0.1, 0.15) is 32.1 Å². The molecule has 0 bridgehead atoms. The second-order valence-corrected chi connectivity index (χ2v) is 7.26. The van der Waals surface area contributed by atoms with Gasteiger partial charge in [0, 0.05) is 32.7 Å². The fourth-order valence-corrected chi connectivity index (χ4v) is 3.02. The third-order valence-corrected chi connectivity index (χ3v) is 4.66. The molecule has 1 rings (SSSR count). The van der Waals surface area contributed by atoms with Crippen molar-refractivity contribution in [1.82, 2.24) is 15.4 Å². The molecule has 0 radical (unpaired) electrons. The van der Waals surface area contributed by atoms with E-state index in [1.54, 1.807) is 0 Å². The molecule has 9 nitrogen and oxygen atoms in total. The summed E-state index contributed by atoms with van der Waals surface area (Å²) in [6, 6.07) is -0.513. The molecule has 1 aliphatic heterocycles. The smallest absolute Gasteiger partial charge is 0.314 e. The quantitative estimate of drug-likeness (QED) is 0.397. The minimum atomic E-state index is -3.46. The lowest BCUT2D eigenvalue weighted by atomic mass is 10.1. The average Bonchev–Trinajstić information content (AvgIpc) is 2.50. The lowest BCUT2D eigenvalue weighted by molar-refractivity contribution is -0.137. The zero-order valence-electron chi connectivity index (χ0n) is 13.0.